The number of amides is 1. The standard InChI is InChI=1S/C22H18F2N2O/c1-3-22(27)26(21-10-9-19(23)13-20(21)24)15(2)16-6-4-7-17(12-16)18-8-5-11-25-14-18/h3-15H,1H2,2H3/t15-/m0/s1. The number of pyridine rings is 1. The zero-order valence-corrected chi connectivity index (χ0v) is 14.8. The number of benzene rings is 2. The van der Waals surface area contributed by atoms with Gasteiger partial charge < -0.3 is 0 Å². The van der Waals surface area contributed by atoms with Gasteiger partial charge in [0.25, 0.3) is 5.91 Å². The summed E-state index contributed by atoms with van der Waals surface area (Å²) in [7, 11) is 0. The van der Waals surface area contributed by atoms with Crippen molar-refractivity contribution in [2.24, 2.45) is 0 Å². The fourth-order valence-electron chi connectivity index (χ4n) is 2.95. The fraction of sp³-hybridized carbons (Fsp3) is 0.0909. The molecule has 0 fully saturated rings. The molecular weight excluding hydrogens is 346 g/mol. The molecule has 0 aliphatic rings. The van der Waals surface area contributed by atoms with Crippen molar-refractivity contribution in [1.29, 1.82) is 0 Å². The Balaban J connectivity index is 2.03. The van der Waals surface area contributed by atoms with Crippen LogP contribution in [0.15, 0.2) is 79.6 Å². The van der Waals surface area contributed by atoms with E-state index in [9.17, 15) is 13.6 Å². The largest absolute Gasteiger partial charge is 0.299 e. The van der Waals surface area contributed by atoms with Gasteiger partial charge in [-0.3, -0.25) is 14.7 Å². The van der Waals surface area contributed by atoms with Gasteiger partial charge in [0.15, 0.2) is 0 Å². The number of carbonyl (C=O) groups is 1. The average molecular weight is 364 g/mol. The Morgan fingerprint density at radius 2 is 1.89 bits per heavy atom. The molecule has 0 saturated carbocycles. The average Bonchev–Trinajstić information content (AvgIpc) is 2.70. The van der Waals surface area contributed by atoms with Gasteiger partial charge in [0.1, 0.15) is 11.6 Å². The Morgan fingerprint density at radius 3 is 2.56 bits per heavy atom. The molecule has 3 aromatic rings. The minimum absolute atomic E-state index is 0.000538. The molecule has 0 N–H and O–H groups in total. The number of hydrogen-bond acceptors (Lipinski definition) is 2. The van der Waals surface area contributed by atoms with E-state index >= 15 is 0 Å². The van der Waals surface area contributed by atoms with E-state index in [1.165, 1.54) is 11.0 Å². The molecule has 136 valence electrons. The van der Waals surface area contributed by atoms with E-state index in [-0.39, 0.29) is 5.69 Å². The first-order chi connectivity index (χ1) is 13.0. The monoisotopic (exact) mass is 364 g/mol. The minimum atomic E-state index is -0.805. The number of halogens is 2. The maximum Gasteiger partial charge on any atom is 0.251 e. The Bertz CT molecular complexity index is 973. The molecule has 0 aliphatic carbocycles. The molecule has 1 atom stereocenters. The Kier molecular flexibility index (Phi) is 5.41. The van der Waals surface area contributed by atoms with E-state index in [1.807, 2.05) is 36.4 Å². The maximum atomic E-state index is 14.3. The van der Waals surface area contributed by atoms with Crippen molar-refractivity contribution in [3.63, 3.8) is 0 Å². The molecule has 0 radical (unpaired) electrons. The molecule has 1 amide bonds. The second-order valence-electron chi connectivity index (χ2n) is 6.05. The molecule has 0 saturated heterocycles. The van der Waals surface area contributed by atoms with Crippen LogP contribution in [0.4, 0.5) is 14.5 Å². The van der Waals surface area contributed by atoms with Crippen molar-refractivity contribution in [2.75, 3.05) is 4.90 Å². The normalized spacial score (nSPS) is 11.7. The topological polar surface area (TPSA) is 33.2 Å². The first-order valence-corrected chi connectivity index (χ1v) is 8.42. The first kappa shape index (κ1) is 18.5. The lowest BCUT2D eigenvalue weighted by molar-refractivity contribution is -0.114. The third-order valence-electron chi connectivity index (χ3n) is 4.33. The highest BCUT2D eigenvalue weighted by Crippen LogP contribution is 2.31. The van der Waals surface area contributed by atoms with Crippen LogP contribution in [0.3, 0.4) is 0 Å². The lowest BCUT2D eigenvalue weighted by Crippen LogP contribution is -2.33. The molecule has 3 nitrogen and oxygen atoms in total. The van der Waals surface area contributed by atoms with Crippen molar-refractivity contribution >= 4 is 11.6 Å². The van der Waals surface area contributed by atoms with Crippen molar-refractivity contribution in [3.05, 3.63) is 96.8 Å². The van der Waals surface area contributed by atoms with E-state index in [2.05, 4.69) is 11.6 Å². The summed E-state index contributed by atoms with van der Waals surface area (Å²) < 4.78 is 27.6. The Morgan fingerprint density at radius 1 is 1.11 bits per heavy atom. The molecule has 27 heavy (non-hydrogen) atoms. The van der Waals surface area contributed by atoms with Gasteiger partial charge in [-0.25, -0.2) is 8.78 Å². The molecule has 0 aliphatic heterocycles. The van der Waals surface area contributed by atoms with Crippen LogP contribution >= 0.6 is 0 Å². The number of nitrogens with zero attached hydrogens (tertiary/aromatic N) is 2. The van der Waals surface area contributed by atoms with Gasteiger partial charge in [0.2, 0.25) is 0 Å². The molecule has 0 spiro atoms. The molecular formula is C22H18F2N2O. The van der Waals surface area contributed by atoms with Crippen molar-refractivity contribution in [1.82, 2.24) is 4.98 Å². The van der Waals surface area contributed by atoms with Crippen LogP contribution in [-0.4, -0.2) is 10.9 Å². The summed E-state index contributed by atoms with van der Waals surface area (Å²) in [5.41, 5.74) is 2.66. The van der Waals surface area contributed by atoms with E-state index < -0.39 is 23.6 Å². The Hall–Kier alpha value is -3.34. The van der Waals surface area contributed by atoms with E-state index in [0.29, 0.717) is 0 Å². The van der Waals surface area contributed by atoms with Crippen molar-refractivity contribution < 1.29 is 13.6 Å². The number of hydrogen-bond donors (Lipinski definition) is 0. The van der Waals surface area contributed by atoms with Crippen LogP contribution in [0.25, 0.3) is 11.1 Å². The minimum Gasteiger partial charge on any atom is -0.299 e. The van der Waals surface area contributed by atoms with Gasteiger partial charge in [0.05, 0.1) is 11.7 Å². The van der Waals surface area contributed by atoms with Crippen LogP contribution in [-0.2, 0) is 4.79 Å². The van der Waals surface area contributed by atoms with Crippen LogP contribution in [0, 0.1) is 11.6 Å². The predicted octanol–water partition coefficient (Wildman–Crippen LogP) is 5.31. The van der Waals surface area contributed by atoms with Gasteiger partial charge in [-0.2, -0.15) is 0 Å². The van der Waals surface area contributed by atoms with Crippen molar-refractivity contribution in [2.45, 2.75) is 13.0 Å². The molecule has 3 rings (SSSR count). The molecule has 1 aromatic heterocycles. The van der Waals surface area contributed by atoms with E-state index in [4.69, 9.17) is 0 Å². The van der Waals surface area contributed by atoms with Gasteiger partial charge in [-0.15, -0.1) is 0 Å². The summed E-state index contributed by atoms with van der Waals surface area (Å²) in [6.07, 6.45) is 4.55. The summed E-state index contributed by atoms with van der Waals surface area (Å²) in [4.78, 5) is 17.8. The Labute approximate surface area is 156 Å². The highest BCUT2D eigenvalue weighted by atomic mass is 19.1. The second kappa shape index (κ2) is 7.91. The highest BCUT2D eigenvalue weighted by molar-refractivity contribution is 6.01. The van der Waals surface area contributed by atoms with Crippen LogP contribution in [0.1, 0.15) is 18.5 Å². The van der Waals surface area contributed by atoms with E-state index in [1.54, 1.807) is 19.3 Å². The van der Waals surface area contributed by atoms with Gasteiger partial charge in [-0.05, 0) is 54.0 Å². The quantitative estimate of drug-likeness (QED) is 0.575. The highest BCUT2D eigenvalue weighted by Gasteiger charge is 2.24. The zero-order valence-electron chi connectivity index (χ0n) is 14.8. The smallest absolute Gasteiger partial charge is 0.251 e. The molecule has 0 bridgehead atoms. The molecule has 0 unspecified atom stereocenters. The second-order valence-corrected chi connectivity index (χ2v) is 6.05. The number of carbonyl (C=O) groups excluding carboxylic acids is 1. The summed E-state index contributed by atoms with van der Waals surface area (Å²) in [6, 6.07) is 14.0. The molecule has 1 heterocycles. The SMILES string of the molecule is C=CC(=O)N(c1ccc(F)cc1F)[C@@H](C)c1cccc(-c2cccnc2)c1. The third-order valence-corrected chi connectivity index (χ3v) is 4.33. The number of rotatable bonds is 5. The van der Waals surface area contributed by atoms with E-state index in [0.717, 1.165) is 34.9 Å². The number of aromatic nitrogens is 1. The summed E-state index contributed by atoms with van der Waals surface area (Å²) in [5.74, 6) is -1.98. The fourth-order valence-corrected chi connectivity index (χ4v) is 2.95. The van der Waals surface area contributed by atoms with Gasteiger partial charge >= 0.3 is 0 Å². The maximum absolute atomic E-state index is 14.3. The predicted molar refractivity (Wildman–Crippen MR) is 102 cm³/mol. The molecule has 2 aromatic carbocycles. The molecule has 5 heteroatoms. The van der Waals surface area contributed by atoms with Crippen LogP contribution < -0.4 is 4.90 Å². The summed E-state index contributed by atoms with van der Waals surface area (Å²) in [5, 5.41) is 0. The summed E-state index contributed by atoms with van der Waals surface area (Å²) >= 11 is 0. The third kappa shape index (κ3) is 3.92. The van der Waals surface area contributed by atoms with Gasteiger partial charge in [0, 0.05) is 18.5 Å². The number of anilines is 1. The van der Waals surface area contributed by atoms with Gasteiger partial charge in [-0.1, -0.05) is 30.8 Å². The first-order valence-electron chi connectivity index (χ1n) is 8.42. The van der Waals surface area contributed by atoms with Crippen LogP contribution in [0.2, 0.25) is 0 Å². The lowest BCUT2D eigenvalue weighted by Gasteiger charge is -2.29. The lowest BCUT2D eigenvalue weighted by atomic mass is 9.99. The van der Waals surface area contributed by atoms with Crippen LogP contribution in [0.5, 0.6) is 0 Å². The zero-order chi connectivity index (χ0) is 19.4. The summed E-state index contributed by atoms with van der Waals surface area (Å²) in [6.45, 7) is 5.28. The van der Waals surface area contributed by atoms with Crippen molar-refractivity contribution in [3.8, 4) is 11.1 Å².